The molecule has 1 atom stereocenters. The van der Waals surface area contributed by atoms with E-state index in [0.717, 1.165) is 36.5 Å². The fourth-order valence-corrected chi connectivity index (χ4v) is 4.50. The van der Waals surface area contributed by atoms with Crippen molar-refractivity contribution in [2.45, 2.75) is 25.4 Å². The van der Waals surface area contributed by atoms with E-state index in [0.29, 0.717) is 35.3 Å². The number of likely N-dealkylation sites (tertiary alicyclic amines) is 1. The number of amides is 1. The smallest absolute Gasteiger partial charge is 0.234 e. The van der Waals surface area contributed by atoms with Gasteiger partial charge in [-0.25, -0.2) is 9.66 Å². The highest BCUT2D eigenvalue weighted by molar-refractivity contribution is 5.80. The summed E-state index contributed by atoms with van der Waals surface area (Å²) in [6.45, 7) is 9.22. The minimum absolute atomic E-state index is 0.262. The summed E-state index contributed by atoms with van der Waals surface area (Å²) in [5.41, 5.74) is 8.56. The fourth-order valence-electron chi connectivity index (χ4n) is 4.50. The largest absolute Gasteiger partial charge is 0.493 e. The van der Waals surface area contributed by atoms with Crippen LogP contribution in [0, 0.1) is 0 Å². The lowest BCUT2D eigenvalue weighted by atomic mass is 10.2. The predicted octanol–water partition coefficient (Wildman–Crippen LogP) is 2.70. The second-order valence-electron chi connectivity index (χ2n) is 8.35. The number of benzene rings is 1. The molecule has 3 aromatic rings. The van der Waals surface area contributed by atoms with E-state index in [1.165, 1.54) is 0 Å². The van der Waals surface area contributed by atoms with Gasteiger partial charge in [0, 0.05) is 25.4 Å². The van der Waals surface area contributed by atoms with Gasteiger partial charge in [0.1, 0.15) is 12.1 Å². The van der Waals surface area contributed by atoms with Gasteiger partial charge in [-0.3, -0.25) is 9.69 Å². The van der Waals surface area contributed by atoms with Gasteiger partial charge < -0.3 is 29.8 Å². The van der Waals surface area contributed by atoms with Crippen LogP contribution in [0.4, 0.5) is 5.82 Å². The Morgan fingerprint density at radius 2 is 1.94 bits per heavy atom. The molecule has 0 radical (unpaired) electrons. The zero-order chi connectivity index (χ0) is 25.8. The van der Waals surface area contributed by atoms with Gasteiger partial charge >= 0.3 is 0 Å². The zero-order valence-corrected chi connectivity index (χ0v) is 20.7. The minimum atomic E-state index is -0.300. The summed E-state index contributed by atoms with van der Waals surface area (Å²) in [4.78, 5) is 18.3. The zero-order valence-electron chi connectivity index (χ0n) is 20.7. The number of carbonyl (C=O) groups excluding carboxylic acids is 1. The molecule has 0 saturated carbocycles. The highest BCUT2D eigenvalue weighted by Crippen LogP contribution is 2.39. The Morgan fingerprint density at radius 1 is 1.22 bits per heavy atom. The third-order valence-corrected chi connectivity index (χ3v) is 6.25. The standard InChI is InChI=1S/C25H31N7O4/c1-16(19-9-8-17(32(19)27-2)13-30-10-6-7-20(30)25(26)33)29-23-14-31(15-28-23)18-11-21(34-3)24(36-5)22(12-18)35-4/h8-9,11-12,14-15,20,29H,1-2,6-7,10,13H2,3-5H3,(H2,26,33). The molecule has 4 rings (SSSR count). The number of nitrogens with two attached hydrogens (primary N) is 1. The second kappa shape index (κ2) is 10.6. The van der Waals surface area contributed by atoms with Gasteiger partial charge in [-0.05, 0) is 31.5 Å². The summed E-state index contributed by atoms with van der Waals surface area (Å²) < 4.78 is 19.8. The molecule has 1 fully saturated rings. The highest BCUT2D eigenvalue weighted by Gasteiger charge is 2.29. The molecule has 1 aliphatic heterocycles. The van der Waals surface area contributed by atoms with Crippen molar-refractivity contribution < 1.29 is 19.0 Å². The molecule has 190 valence electrons. The molecule has 2 aromatic heterocycles. The Morgan fingerprint density at radius 3 is 2.56 bits per heavy atom. The van der Waals surface area contributed by atoms with E-state index in [4.69, 9.17) is 19.9 Å². The topological polar surface area (TPSA) is 121 Å². The van der Waals surface area contributed by atoms with Crippen LogP contribution in [0.1, 0.15) is 24.2 Å². The van der Waals surface area contributed by atoms with E-state index in [2.05, 4.69) is 33.6 Å². The molecular formula is C25H31N7O4. The van der Waals surface area contributed by atoms with Crippen molar-refractivity contribution in [2.24, 2.45) is 10.8 Å². The average Bonchev–Trinajstić information content (AvgIpc) is 3.63. The number of anilines is 1. The number of imidazole rings is 1. The molecule has 1 aliphatic rings. The van der Waals surface area contributed by atoms with Gasteiger partial charge in [-0.15, -0.1) is 0 Å². The van der Waals surface area contributed by atoms with Crippen LogP contribution in [0.2, 0.25) is 0 Å². The van der Waals surface area contributed by atoms with E-state index < -0.39 is 0 Å². The maximum atomic E-state index is 11.8. The van der Waals surface area contributed by atoms with Crippen LogP contribution in [0.15, 0.2) is 48.5 Å². The number of aromatic nitrogens is 3. The molecule has 1 unspecified atom stereocenters. The van der Waals surface area contributed by atoms with E-state index in [9.17, 15) is 4.79 Å². The van der Waals surface area contributed by atoms with Gasteiger partial charge in [0.15, 0.2) is 11.5 Å². The van der Waals surface area contributed by atoms with E-state index in [1.54, 1.807) is 32.3 Å². The number of nitrogens with zero attached hydrogens (tertiary/aromatic N) is 5. The van der Waals surface area contributed by atoms with Crippen LogP contribution in [-0.4, -0.2) is 65.7 Å². The minimum Gasteiger partial charge on any atom is -0.493 e. The molecular weight excluding hydrogens is 462 g/mol. The van der Waals surface area contributed by atoms with Gasteiger partial charge in [-0.1, -0.05) is 6.58 Å². The molecule has 3 N–H and O–H groups in total. The molecule has 1 saturated heterocycles. The summed E-state index contributed by atoms with van der Waals surface area (Å²) in [6, 6.07) is 7.26. The van der Waals surface area contributed by atoms with Crippen molar-refractivity contribution in [3.8, 4) is 22.9 Å². The van der Waals surface area contributed by atoms with Crippen molar-refractivity contribution in [1.82, 2.24) is 19.1 Å². The maximum Gasteiger partial charge on any atom is 0.234 e. The lowest BCUT2D eigenvalue weighted by molar-refractivity contribution is -0.122. The second-order valence-corrected chi connectivity index (χ2v) is 8.35. The third kappa shape index (κ3) is 4.78. The lowest BCUT2D eigenvalue weighted by Gasteiger charge is -2.22. The average molecular weight is 494 g/mol. The maximum absolute atomic E-state index is 11.8. The van der Waals surface area contributed by atoms with Crippen LogP contribution in [0.3, 0.4) is 0 Å². The van der Waals surface area contributed by atoms with Gasteiger partial charge in [-0.2, -0.15) is 5.10 Å². The van der Waals surface area contributed by atoms with Crippen LogP contribution < -0.4 is 25.3 Å². The summed E-state index contributed by atoms with van der Waals surface area (Å²) in [7, 11) is 4.70. The van der Waals surface area contributed by atoms with E-state index in [-0.39, 0.29) is 11.9 Å². The van der Waals surface area contributed by atoms with Crippen LogP contribution in [-0.2, 0) is 11.3 Å². The van der Waals surface area contributed by atoms with Crippen molar-refractivity contribution in [1.29, 1.82) is 0 Å². The highest BCUT2D eigenvalue weighted by atomic mass is 16.5. The summed E-state index contributed by atoms with van der Waals surface area (Å²) in [5, 5.41) is 7.40. The van der Waals surface area contributed by atoms with Crippen LogP contribution in [0.25, 0.3) is 11.4 Å². The molecule has 11 heteroatoms. The van der Waals surface area contributed by atoms with Gasteiger partial charge in [0.25, 0.3) is 0 Å². The van der Waals surface area contributed by atoms with Crippen molar-refractivity contribution >= 4 is 24.1 Å². The summed E-state index contributed by atoms with van der Waals surface area (Å²) in [6.07, 6.45) is 5.20. The Kier molecular flexibility index (Phi) is 7.30. The molecule has 1 amide bonds. The number of rotatable bonds is 11. The number of ether oxygens (including phenoxy) is 3. The van der Waals surface area contributed by atoms with Crippen LogP contribution >= 0.6 is 0 Å². The van der Waals surface area contributed by atoms with Gasteiger partial charge in [0.05, 0.1) is 56.3 Å². The number of methoxy groups -OCH3 is 3. The molecule has 1 aromatic carbocycles. The predicted molar refractivity (Wildman–Crippen MR) is 138 cm³/mol. The van der Waals surface area contributed by atoms with Crippen molar-refractivity contribution in [2.75, 3.05) is 33.2 Å². The number of carbonyl (C=O) groups is 1. The first-order chi connectivity index (χ1) is 17.4. The molecule has 11 nitrogen and oxygen atoms in total. The number of hydrogen-bond donors (Lipinski definition) is 2. The first-order valence-electron chi connectivity index (χ1n) is 11.4. The Hall–Kier alpha value is -4.25. The molecule has 36 heavy (non-hydrogen) atoms. The molecule has 0 bridgehead atoms. The first-order valence-corrected chi connectivity index (χ1v) is 11.4. The molecule has 0 aliphatic carbocycles. The Balaban J connectivity index is 1.52. The number of primary amides is 1. The van der Waals surface area contributed by atoms with Gasteiger partial charge in [0.2, 0.25) is 11.7 Å². The summed E-state index contributed by atoms with van der Waals surface area (Å²) >= 11 is 0. The van der Waals surface area contributed by atoms with Crippen molar-refractivity contribution in [3.63, 3.8) is 0 Å². The van der Waals surface area contributed by atoms with E-state index in [1.807, 2.05) is 35.0 Å². The van der Waals surface area contributed by atoms with E-state index >= 15 is 0 Å². The quantitative estimate of drug-likeness (QED) is 0.394. The normalized spacial score (nSPS) is 15.5. The van der Waals surface area contributed by atoms with Crippen molar-refractivity contribution in [3.05, 3.63) is 54.8 Å². The summed E-state index contributed by atoms with van der Waals surface area (Å²) in [5.74, 6) is 1.88. The molecule has 3 heterocycles. The third-order valence-electron chi connectivity index (χ3n) is 6.25. The Bertz CT molecular complexity index is 1250. The van der Waals surface area contributed by atoms with Crippen LogP contribution in [0.5, 0.6) is 17.2 Å². The Labute approximate surface area is 209 Å². The monoisotopic (exact) mass is 493 g/mol. The lowest BCUT2D eigenvalue weighted by Crippen LogP contribution is -2.40. The fraction of sp³-hybridized carbons (Fsp3) is 0.320. The first kappa shape index (κ1) is 24.9. The SMILES string of the molecule is C=Nn1c(CN2CCCC2C(N)=O)ccc1C(=C)Nc1cn(-c2cc(OC)c(OC)c(OC)c2)cn1. The molecule has 0 spiro atoms. The number of hydrogen-bond acceptors (Lipinski definition) is 8. The number of nitrogens with one attached hydrogen (secondary N) is 1.